The van der Waals surface area contributed by atoms with Crippen molar-refractivity contribution in [3.63, 3.8) is 0 Å². The highest BCUT2D eigenvalue weighted by Gasteiger charge is 2.32. The smallest absolute Gasteiger partial charge is 0.329 e. The molecule has 1 rings (SSSR count). The Hall–Kier alpha value is -1.01. The predicted octanol–water partition coefficient (Wildman–Crippen LogP) is 2.35. The first kappa shape index (κ1) is 15.0. The van der Waals surface area contributed by atoms with E-state index in [9.17, 15) is 9.59 Å². The van der Waals surface area contributed by atoms with Crippen molar-refractivity contribution >= 4 is 35.0 Å². The van der Waals surface area contributed by atoms with Gasteiger partial charge in [0.15, 0.2) is 0 Å². The van der Waals surface area contributed by atoms with Gasteiger partial charge in [-0.25, -0.2) is 4.79 Å². The summed E-state index contributed by atoms with van der Waals surface area (Å²) in [5, 5.41) is 13.6. The molecular weight excluding hydrogens is 270 g/mol. The number of thioether (sulfide) groups is 1. The summed E-state index contributed by atoms with van der Waals surface area (Å²) in [5.74, 6) is -0.174. The molecule has 1 aromatic heterocycles. The standard InChI is InChI=1S/C12H17NO3S2/c1-3-12(2,11(15)16)13-10(14)8-17-7-9-5-4-6-18-9/h4-6H,3,7-8H2,1-2H3,(H,13,14)(H,15,16). The fourth-order valence-electron chi connectivity index (χ4n) is 1.28. The van der Waals surface area contributed by atoms with Crippen molar-refractivity contribution in [3.8, 4) is 0 Å². The topological polar surface area (TPSA) is 66.4 Å². The van der Waals surface area contributed by atoms with Crippen LogP contribution in [0.2, 0.25) is 0 Å². The maximum absolute atomic E-state index is 11.7. The van der Waals surface area contributed by atoms with Crippen LogP contribution in [0, 0.1) is 0 Å². The van der Waals surface area contributed by atoms with Gasteiger partial charge in [0.25, 0.3) is 0 Å². The number of carbonyl (C=O) groups excluding carboxylic acids is 1. The maximum Gasteiger partial charge on any atom is 0.329 e. The molecule has 0 bridgehead atoms. The Kier molecular flexibility index (Phi) is 5.68. The molecule has 0 aromatic carbocycles. The van der Waals surface area contributed by atoms with Gasteiger partial charge < -0.3 is 10.4 Å². The van der Waals surface area contributed by atoms with Crippen molar-refractivity contribution < 1.29 is 14.7 Å². The fraction of sp³-hybridized carbons (Fsp3) is 0.500. The summed E-state index contributed by atoms with van der Waals surface area (Å²) in [5.41, 5.74) is -1.17. The monoisotopic (exact) mass is 287 g/mol. The molecule has 0 aliphatic rings. The molecule has 0 fully saturated rings. The summed E-state index contributed by atoms with van der Waals surface area (Å²) in [6.45, 7) is 3.27. The molecule has 6 heteroatoms. The van der Waals surface area contributed by atoms with E-state index in [1.165, 1.54) is 23.6 Å². The Morgan fingerprint density at radius 3 is 2.78 bits per heavy atom. The zero-order chi connectivity index (χ0) is 13.6. The number of aliphatic carboxylic acids is 1. The van der Waals surface area contributed by atoms with Crippen LogP contribution in [0.1, 0.15) is 25.1 Å². The van der Waals surface area contributed by atoms with Gasteiger partial charge in [-0.1, -0.05) is 13.0 Å². The summed E-state index contributed by atoms with van der Waals surface area (Å²) < 4.78 is 0. The van der Waals surface area contributed by atoms with Gasteiger partial charge in [0.2, 0.25) is 5.91 Å². The molecule has 2 N–H and O–H groups in total. The van der Waals surface area contributed by atoms with Gasteiger partial charge in [-0.15, -0.1) is 23.1 Å². The molecule has 4 nitrogen and oxygen atoms in total. The largest absolute Gasteiger partial charge is 0.480 e. The lowest BCUT2D eigenvalue weighted by Gasteiger charge is -2.24. The third-order valence-electron chi connectivity index (χ3n) is 2.65. The van der Waals surface area contributed by atoms with E-state index in [2.05, 4.69) is 5.32 Å². The Labute approximate surface area is 115 Å². The molecule has 18 heavy (non-hydrogen) atoms. The van der Waals surface area contributed by atoms with Gasteiger partial charge in [0, 0.05) is 10.6 Å². The van der Waals surface area contributed by atoms with Gasteiger partial charge >= 0.3 is 5.97 Å². The molecule has 0 saturated heterocycles. The average Bonchev–Trinajstić information content (AvgIpc) is 2.81. The first-order chi connectivity index (χ1) is 8.48. The van der Waals surface area contributed by atoms with Crippen LogP contribution in [-0.4, -0.2) is 28.3 Å². The summed E-state index contributed by atoms with van der Waals surface area (Å²) in [6, 6.07) is 3.99. The molecule has 1 unspecified atom stereocenters. The number of nitrogens with one attached hydrogen (secondary N) is 1. The first-order valence-electron chi connectivity index (χ1n) is 5.62. The Morgan fingerprint density at radius 1 is 1.56 bits per heavy atom. The van der Waals surface area contributed by atoms with Gasteiger partial charge in [-0.05, 0) is 24.8 Å². The zero-order valence-corrected chi connectivity index (χ0v) is 12.1. The van der Waals surface area contributed by atoms with E-state index in [0.717, 1.165) is 5.75 Å². The number of amides is 1. The van der Waals surface area contributed by atoms with E-state index in [0.29, 0.717) is 6.42 Å². The van der Waals surface area contributed by atoms with E-state index in [4.69, 9.17) is 5.11 Å². The Morgan fingerprint density at radius 2 is 2.28 bits per heavy atom. The first-order valence-corrected chi connectivity index (χ1v) is 7.66. The van der Waals surface area contributed by atoms with E-state index in [1.54, 1.807) is 18.3 Å². The molecule has 0 spiro atoms. The number of carbonyl (C=O) groups is 2. The average molecular weight is 287 g/mol. The molecule has 0 saturated carbocycles. The number of carboxylic acids is 1. The van der Waals surface area contributed by atoms with Crippen molar-refractivity contribution in [2.75, 3.05) is 5.75 Å². The van der Waals surface area contributed by atoms with Crippen LogP contribution in [0.5, 0.6) is 0 Å². The van der Waals surface area contributed by atoms with Crippen LogP contribution in [-0.2, 0) is 15.3 Å². The molecule has 100 valence electrons. The third-order valence-corrected chi connectivity index (χ3v) is 4.69. The highest BCUT2D eigenvalue weighted by atomic mass is 32.2. The number of hydrogen-bond donors (Lipinski definition) is 2. The normalized spacial score (nSPS) is 13.9. The van der Waals surface area contributed by atoms with E-state index < -0.39 is 11.5 Å². The van der Waals surface area contributed by atoms with Crippen molar-refractivity contribution in [1.29, 1.82) is 0 Å². The minimum Gasteiger partial charge on any atom is -0.480 e. The lowest BCUT2D eigenvalue weighted by molar-refractivity contribution is -0.146. The van der Waals surface area contributed by atoms with Crippen LogP contribution in [0.25, 0.3) is 0 Å². The number of thiophene rings is 1. The number of rotatable bonds is 7. The molecule has 1 heterocycles. The fourth-order valence-corrected chi connectivity index (χ4v) is 2.94. The van der Waals surface area contributed by atoms with Crippen LogP contribution >= 0.6 is 23.1 Å². The number of carboxylic acid groups (broad SMARTS) is 1. The summed E-state index contributed by atoms with van der Waals surface area (Å²) in [7, 11) is 0. The second kappa shape index (κ2) is 6.80. The minimum absolute atomic E-state index is 0.233. The Balaban J connectivity index is 2.35. The highest BCUT2D eigenvalue weighted by Crippen LogP contribution is 2.17. The second-order valence-electron chi connectivity index (χ2n) is 4.11. The molecule has 1 amide bonds. The van der Waals surface area contributed by atoms with E-state index in [1.807, 2.05) is 17.5 Å². The summed E-state index contributed by atoms with van der Waals surface area (Å²) in [6.07, 6.45) is 0.365. The molecule has 1 aromatic rings. The maximum atomic E-state index is 11.7. The van der Waals surface area contributed by atoms with Crippen LogP contribution in [0.4, 0.5) is 0 Å². The summed E-state index contributed by atoms with van der Waals surface area (Å²) in [4.78, 5) is 23.9. The van der Waals surface area contributed by atoms with Gasteiger partial charge in [-0.2, -0.15) is 0 Å². The number of hydrogen-bond acceptors (Lipinski definition) is 4. The van der Waals surface area contributed by atoms with E-state index >= 15 is 0 Å². The molecule has 1 atom stereocenters. The van der Waals surface area contributed by atoms with Crippen molar-refractivity contribution in [2.45, 2.75) is 31.6 Å². The van der Waals surface area contributed by atoms with Crippen LogP contribution in [0.3, 0.4) is 0 Å². The van der Waals surface area contributed by atoms with Crippen LogP contribution in [0.15, 0.2) is 17.5 Å². The lowest BCUT2D eigenvalue weighted by Crippen LogP contribution is -2.52. The molecule has 0 radical (unpaired) electrons. The van der Waals surface area contributed by atoms with Crippen molar-refractivity contribution in [3.05, 3.63) is 22.4 Å². The van der Waals surface area contributed by atoms with Gasteiger partial charge in [0.05, 0.1) is 5.75 Å². The predicted molar refractivity (Wildman–Crippen MR) is 75.0 cm³/mol. The molecule has 0 aliphatic heterocycles. The third kappa shape index (κ3) is 4.34. The highest BCUT2D eigenvalue weighted by molar-refractivity contribution is 7.99. The zero-order valence-electron chi connectivity index (χ0n) is 10.4. The van der Waals surface area contributed by atoms with Crippen molar-refractivity contribution in [1.82, 2.24) is 5.32 Å². The van der Waals surface area contributed by atoms with Gasteiger partial charge in [0.1, 0.15) is 5.54 Å². The SMILES string of the molecule is CCC(C)(NC(=O)CSCc1cccs1)C(=O)O. The quantitative estimate of drug-likeness (QED) is 0.808. The Bertz CT molecular complexity index is 405. The van der Waals surface area contributed by atoms with E-state index in [-0.39, 0.29) is 11.7 Å². The lowest BCUT2D eigenvalue weighted by atomic mass is 9.99. The van der Waals surface area contributed by atoms with Crippen molar-refractivity contribution in [2.24, 2.45) is 0 Å². The molecular formula is C12H17NO3S2. The van der Waals surface area contributed by atoms with Gasteiger partial charge in [-0.3, -0.25) is 4.79 Å². The summed E-state index contributed by atoms with van der Waals surface area (Å²) >= 11 is 3.14. The molecule has 0 aliphatic carbocycles. The second-order valence-corrected chi connectivity index (χ2v) is 6.13. The van der Waals surface area contributed by atoms with Crippen LogP contribution < -0.4 is 5.32 Å². The minimum atomic E-state index is -1.17.